The maximum atomic E-state index is 12.9. The minimum atomic E-state index is -0.783. The van der Waals surface area contributed by atoms with Gasteiger partial charge in [-0.05, 0) is 24.8 Å². The number of ether oxygens (including phenoxy) is 1. The zero-order valence-corrected chi connectivity index (χ0v) is 17.2. The molecule has 1 atom stereocenters. The quantitative estimate of drug-likeness (QED) is 0.579. The smallest absolute Gasteiger partial charge is 0.276 e. The molecule has 0 fully saturated rings. The van der Waals surface area contributed by atoms with Crippen molar-refractivity contribution in [2.24, 2.45) is 10.1 Å². The van der Waals surface area contributed by atoms with Gasteiger partial charge in [0.25, 0.3) is 11.6 Å². The number of amides is 1. The Bertz CT molecular complexity index is 1180. The van der Waals surface area contributed by atoms with E-state index in [2.05, 4.69) is 10.4 Å². The van der Waals surface area contributed by atoms with Gasteiger partial charge in [0, 0.05) is 22.9 Å². The topological polar surface area (TPSA) is 109 Å². The van der Waals surface area contributed by atoms with Gasteiger partial charge in [0.2, 0.25) is 0 Å². The van der Waals surface area contributed by atoms with E-state index in [4.69, 9.17) is 9.73 Å². The molecule has 2 aromatic rings. The van der Waals surface area contributed by atoms with Crippen molar-refractivity contribution in [2.75, 3.05) is 12.9 Å². The van der Waals surface area contributed by atoms with E-state index in [0.717, 1.165) is 6.42 Å². The van der Waals surface area contributed by atoms with Crippen molar-refractivity contribution in [1.29, 1.82) is 0 Å². The van der Waals surface area contributed by atoms with E-state index in [-0.39, 0.29) is 11.6 Å². The zero-order valence-electron chi connectivity index (χ0n) is 16.4. The normalized spacial score (nSPS) is 17.3. The van der Waals surface area contributed by atoms with Crippen LogP contribution in [-0.2, 0) is 4.79 Å². The summed E-state index contributed by atoms with van der Waals surface area (Å²) in [6.45, 7) is 2.42. The second kappa shape index (κ2) is 8.15. The number of thioether (sulfide) groups is 1. The number of hydrogen-bond donors (Lipinski definition) is 1. The molecule has 10 heteroatoms. The largest absolute Gasteiger partial charge is 0.493 e. The average molecular weight is 425 g/mol. The number of hydrogen-bond acceptors (Lipinski definition) is 8. The van der Waals surface area contributed by atoms with Crippen molar-refractivity contribution in [1.82, 2.24) is 10.3 Å². The van der Waals surface area contributed by atoms with E-state index in [1.807, 2.05) is 19.1 Å². The van der Waals surface area contributed by atoms with E-state index in [1.54, 1.807) is 24.5 Å². The third-order valence-corrected chi connectivity index (χ3v) is 5.22. The number of non-ortho nitro benzene ring substituents is 1. The van der Waals surface area contributed by atoms with E-state index in [0.29, 0.717) is 39.4 Å². The summed E-state index contributed by atoms with van der Waals surface area (Å²) >= 11 is 1.29. The highest BCUT2D eigenvalue weighted by atomic mass is 32.2. The molecular formula is C20H19N5O4S. The molecule has 1 amide bonds. The molecule has 154 valence electrons. The Hall–Kier alpha value is -3.40. The molecule has 0 radical (unpaired) electrons. The van der Waals surface area contributed by atoms with Crippen LogP contribution in [0.2, 0.25) is 0 Å². The predicted molar refractivity (Wildman–Crippen MR) is 113 cm³/mol. The van der Waals surface area contributed by atoms with Crippen molar-refractivity contribution in [3.05, 3.63) is 68.7 Å². The van der Waals surface area contributed by atoms with Crippen LogP contribution in [0.3, 0.4) is 0 Å². The van der Waals surface area contributed by atoms with Crippen LogP contribution in [-0.4, -0.2) is 33.9 Å². The third kappa shape index (κ3) is 3.50. The van der Waals surface area contributed by atoms with Crippen molar-refractivity contribution in [3.8, 4) is 5.75 Å². The Morgan fingerprint density at radius 1 is 1.30 bits per heavy atom. The molecule has 0 unspecified atom stereocenters. The molecule has 2 aromatic carbocycles. The first kappa shape index (κ1) is 19.9. The summed E-state index contributed by atoms with van der Waals surface area (Å²) in [5.74, 6) is 0.171. The Balaban J connectivity index is 1.96. The van der Waals surface area contributed by atoms with Gasteiger partial charge in [0.15, 0.2) is 11.3 Å². The number of carbonyl (C=O) groups is 1. The Kier molecular flexibility index (Phi) is 5.40. The van der Waals surface area contributed by atoms with Crippen LogP contribution in [0.1, 0.15) is 25.1 Å². The summed E-state index contributed by atoms with van der Waals surface area (Å²) in [5.41, 5.74) is 0.736. The van der Waals surface area contributed by atoms with E-state index in [9.17, 15) is 14.9 Å². The van der Waals surface area contributed by atoms with Crippen molar-refractivity contribution in [3.63, 3.8) is 0 Å². The molecule has 0 bridgehead atoms. The van der Waals surface area contributed by atoms with Gasteiger partial charge in [-0.15, -0.1) is 5.10 Å². The second-order valence-corrected chi connectivity index (χ2v) is 7.40. The summed E-state index contributed by atoms with van der Waals surface area (Å²) in [7, 11) is 0. The summed E-state index contributed by atoms with van der Waals surface area (Å²) < 4.78 is 5.85. The molecule has 2 aliphatic rings. The number of benzene rings is 2. The lowest BCUT2D eigenvalue weighted by Crippen LogP contribution is -2.50. The number of carbonyl (C=O) groups excluding carboxylic acids is 1. The number of amidine groups is 1. The van der Waals surface area contributed by atoms with Gasteiger partial charge in [-0.2, -0.15) is 0 Å². The zero-order chi connectivity index (χ0) is 21.3. The van der Waals surface area contributed by atoms with Crippen LogP contribution in [0, 0.1) is 10.1 Å². The number of nitro groups is 1. The van der Waals surface area contributed by atoms with Crippen LogP contribution in [0.25, 0.3) is 5.70 Å². The molecule has 9 nitrogen and oxygen atoms in total. The lowest BCUT2D eigenvalue weighted by Gasteiger charge is -2.34. The van der Waals surface area contributed by atoms with Gasteiger partial charge in [0.1, 0.15) is 11.4 Å². The summed E-state index contributed by atoms with van der Waals surface area (Å²) in [6.07, 6.45) is 1.80. The first-order chi connectivity index (χ1) is 14.5. The van der Waals surface area contributed by atoms with Crippen LogP contribution < -0.4 is 20.6 Å². The number of hydrazone groups is 1. The summed E-state index contributed by atoms with van der Waals surface area (Å²) in [6, 6.07) is 11.7. The fourth-order valence-corrected chi connectivity index (χ4v) is 3.68. The Morgan fingerprint density at radius 2 is 2.10 bits per heavy atom. The molecule has 2 heterocycles. The fourth-order valence-electron chi connectivity index (χ4n) is 3.32. The fraction of sp³-hybridized carbons (Fsp3) is 0.250. The van der Waals surface area contributed by atoms with Gasteiger partial charge in [-0.3, -0.25) is 25.2 Å². The first-order valence-corrected chi connectivity index (χ1v) is 10.6. The molecule has 0 saturated carbocycles. The van der Waals surface area contributed by atoms with E-state index in [1.165, 1.54) is 28.9 Å². The van der Waals surface area contributed by atoms with Crippen LogP contribution >= 0.6 is 11.8 Å². The SMILES string of the molecule is CCCOc1ccc([N+](=O)[O-])cc1[C@@H]1N=c2ccccc2=C2C(=O)NC(SC)=NN21. The van der Waals surface area contributed by atoms with Crippen molar-refractivity contribution >= 4 is 34.2 Å². The minimum Gasteiger partial charge on any atom is -0.493 e. The maximum absolute atomic E-state index is 12.9. The van der Waals surface area contributed by atoms with Gasteiger partial charge in [-0.25, -0.2) is 5.01 Å². The number of fused-ring (bicyclic) bond motifs is 2. The summed E-state index contributed by atoms with van der Waals surface area (Å²) in [5, 5.41) is 21.9. The third-order valence-electron chi connectivity index (χ3n) is 4.65. The molecule has 2 aliphatic heterocycles. The monoisotopic (exact) mass is 425 g/mol. The first-order valence-electron chi connectivity index (χ1n) is 9.35. The molecular weight excluding hydrogens is 406 g/mol. The lowest BCUT2D eigenvalue weighted by atomic mass is 10.1. The maximum Gasteiger partial charge on any atom is 0.276 e. The highest BCUT2D eigenvalue weighted by molar-refractivity contribution is 8.13. The molecule has 1 N–H and O–H groups in total. The molecule has 0 aromatic heterocycles. The van der Waals surface area contributed by atoms with Gasteiger partial charge >= 0.3 is 0 Å². The van der Waals surface area contributed by atoms with Gasteiger partial charge < -0.3 is 4.74 Å². The molecule has 4 rings (SSSR count). The summed E-state index contributed by atoms with van der Waals surface area (Å²) in [4.78, 5) is 28.6. The standard InChI is InChI=1S/C20H19N5O4S/c1-3-10-29-16-9-8-12(25(27)28)11-14(16)18-21-15-7-5-4-6-13(15)17-19(26)22-20(30-2)23-24(17)18/h4-9,11,18H,3,10H2,1-2H3,(H,22,23,26)/t18-/m1/s1. The van der Waals surface area contributed by atoms with Crippen LogP contribution in [0.4, 0.5) is 5.69 Å². The number of nitrogens with one attached hydrogen (secondary N) is 1. The van der Waals surface area contributed by atoms with E-state index >= 15 is 0 Å². The Labute approximate surface area is 176 Å². The number of nitro benzene ring substituents is 1. The molecule has 0 saturated heterocycles. The predicted octanol–water partition coefficient (Wildman–Crippen LogP) is 1.89. The minimum absolute atomic E-state index is 0.0833. The molecule has 0 aliphatic carbocycles. The molecule has 30 heavy (non-hydrogen) atoms. The number of para-hydroxylation sites is 1. The average Bonchev–Trinajstić information content (AvgIpc) is 2.76. The van der Waals surface area contributed by atoms with Gasteiger partial charge in [0.05, 0.1) is 16.9 Å². The highest BCUT2D eigenvalue weighted by Crippen LogP contribution is 2.37. The number of rotatable bonds is 5. The number of nitrogens with zero attached hydrogens (tertiary/aromatic N) is 4. The van der Waals surface area contributed by atoms with Crippen LogP contribution in [0.5, 0.6) is 5.75 Å². The van der Waals surface area contributed by atoms with E-state index < -0.39 is 11.1 Å². The van der Waals surface area contributed by atoms with Crippen molar-refractivity contribution in [2.45, 2.75) is 19.5 Å². The highest BCUT2D eigenvalue weighted by Gasteiger charge is 2.36. The molecule has 0 spiro atoms. The lowest BCUT2D eigenvalue weighted by molar-refractivity contribution is -0.385. The van der Waals surface area contributed by atoms with Gasteiger partial charge in [-0.1, -0.05) is 36.9 Å². The van der Waals surface area contributed by atoms with Crippen LogP contribution in [0.15, 0.2) is 52.6 Å². The Morgan fingerprint density at radius 3 is 2.83 bits per heavy atom. The van der Waals surface area contributed by atoms with Crippen molar-refractivity contribution < 1.29 is 14.5 Å². The second-order valence-electron chi connectivity index (χ2n) is 6.60.